The number of carbonyl (C=O) groups excluding carboxylic acids is 1. The minimum atomic E-state index is -0.135. The van der Waals surface area contributed by atoms with Gasteiger partial charge in [0.2, 0.25) is 5.75 Å². The number of rotatable bonds is 10. The molecule has 1 fully saturated rings. The third-order valence-electron chi connectivity index (χ3n) is 5.67. The van der Waals surface area contributed by atoms with Gasteiger partial charge < -0.3 is 28.6 Å². The molecule has 1 saturated heterocycles. The fourth-order valence-electron chi connectivity index (χ4n) is 3.96. The summed E-state index contributed by atoms with van der Waals surface area (Å²) in [5.41, 5.74) is 2.68. The first kappa shape index (κ1) is 25.0. The Bertz CT molecular complexity index is 925. The van der Waals surface area contributed by atoms with Crippen LogP contribution >= 0.6 is 11.6 Å². The van der Waals surface area contributed by atoms with Crippen molar-refractivity contribution in [2.45, 2.75) is 39.3 Å². The zero-order valence-electron chi connectivity index (χ0n) is 19.9. The standard InChI is InChI=1S/C25H32ClNO6/c1-16-9-20(10-17(2)24(16)26)33-15-23(28)27(14-19-7-6-8-32-19)13-18-11-21(29-3)25(31-5)22(12-18)30-4/h9-12,19H,6-8,13-15H2,1-5H3. The molecular formula is C25H32ClNO6. The molecule has 1 atom stereocenters. The van der Waals surface area contributed by atoms with E-state index in [1.165, 1.54) is 0 Å². The maximum atomic E-state index is 13.2. The van der Waals surface area contributed by atoms with Crippen LogP contribution < -0.4 is 18.9 Å². The zero-order chi connectivity index (χ0) is 24.0. The molecule has 2 aromatic rings. The fraction of sp³-hybridized carbons (Fsp3) is 0.480. The topological polar surface area (TPSA) is 66.5 Å². The summed E-state index contributed by atoms with van der Waals surface area (Å²) in [5, 5.41) is 0.705. The normalized spacial score (nSPS) is 15.3. The summed E-state index contributed by atoms with van der Waals surface area (Å²) in [6.45, 7) is 5.31. The second kappa shape index (κ2) is 11.5. The van der Waals surface area contributed by atoms with E-state index in [9.17, 15) is 4.79 Å². The summed E-state index contributed by atoms with van der Waals surface area (Å²) in [6, 6.07) is 7.38. The lowest BCUT2D eigenvalue weighted by molar-refractivity contribution is -0.135. The lowest BCUT2D eigenvalue weighted by Gasteiger charge is -2.26. The highest BCUT2D eigenvalue weighted by Crippen LogP contribution is 2.38. The van der Waals surface area contributed by atoms with E-state index in [4.69, 9.17) is 35.3 Å². The molecular weight excluding hydrogens is 446 g/mol. The van der Waals surface area contributed by atoms with Crippen LogP contribution in [0.25, 0.3) is 0 Å². The molecule has 8 heteroatoms. The second-order valence-corrected chi connectivity index (χ2v) is 8.48. The Morgan fingerprint density at radius 2 is 1.70 bits per heavy atom. The summed E-state index contributed by atoms with van der Waals surface area (Å²) in [6.07, 6.45) is 1.93. The summed E-state index contributed by atoms with van der Waals surface area (Å²) >= 11 is 6.25. The molecule has 0 N–H and O–H groups in total. The first-order valence-corrected chi connectivity index (χ1v) is 11.3. The number of amides is 1. The predicted octanol–water partition coefficient (Wildman–Crippen LogP) is 4.57. The molecule has 0 aliphatic carbocycles. The average molecular weight is 478 g/mol. The summed E-state index contributed by atoms with van der Waals surface area (Å²) in [5.74, 6) is 2.08. The van der Waals surface area contributed by atoms with Gasteiger partial charge in [0.15, 0.2) is 18.1 Å². The van der Waals surface area contributed by atoms with E-state index >= 15 is 0 Å². The van der Waals surface area contributed by atoms with Gasteiger partial charge in [0.1, 0.15) is 5.75 Å². The van der Waals surface area contributed by atoms with Gasteiger partial charge in [-0.15, -0.1) is 0 Å². The predicted molar refractivity (Wildman–Crippen MR) is 127 cm³/mol. The van der Waals surface area contributed by atoms with Crippen LogP contribution in [0.4, 0.5) is 0 Å². The van der Waals surface area contributed by atoms with Crippen LogP contribution in [0, 0.1) is 13.8 Å². The maximum absolute atomic E-state index is 13.2. The van der Waals surface area contributed by atoms with Crippen molar-refractivity contribution in [3.63, 3.8) is 0 Å². The molecule has 3 rings (SSSR count). The lowest BCUT2D eigenvalue weighted by atomic mass is 10.1. The molecule has 1 unspecified atom stereocenters. The summed E-state index contributed by atoms with van der Waals surface area (Å²) < 4.78 is 28.0. The highest BCUT2D eigenvalue weighted by Gasteiger charge is 2.24. The molecule has 2 aromatic carbocycles. The van der Waals surface area contributed by atoms with Crippen molar-refractivity contribution in [3.8, 4) is 23.0 Å². The van der Waals surface area contributed by atoms with Crippen LogP contribution in [-0.4, -0.2) is 58.0 Å². The molecule has 1 heterocycles. The largest absolute Gasteiger partial charge is 0.493 e. The maximum Gasteiger partial charge on any atom is 0.260 e. The van der Waals surface area contributed by atoms with E-state index in [1.807, 2.05) is 38.1 Å². The lowest BCUT2D eigenvalue weighted by Crippen LogP contribution is -2.39. The zero-order valence-corrected chi connectivity index (χ0v) is 20.7. The number of hydrogen-bond donors (Lipinski definition) is 0. The fourth-order valence-corrected chi connectivity index (χ4v) is 4.07. The Morgan fingerprint density at radius 3 is 2.21 bits per heavy atom. The van der Waals surface area contributed by atoms with E-state index in [-0.39, 0.29) is 18.6 Å². The van der Waals surface area contributed by atoms with Crippen molar-refractivity contribution in [1.29, 1.82) is 0 Å². The summed E-state index contributed by atoms with van der Waals surface area (Å²) in [4.78, 5) is 15.0. The minimum absolute atomic E-state index is 0.0102. The molecule has 180 valence electrons. The Balaban J connectivity index is 1.79. The van der Waals surface area contributed by atoms with Gasteiger partial charge in [-0.2, -0.15) is 0 Å². The SMILES string of the molecule is COc1cc(CN(CC2CCCO2)C(=O)COc2cc(C)c(Cl)c(C)c2)cc(OC)c1OC. The van der Waals surface area contributed by atoms with Gasteiger partial charge >= 0.3 is 0 Å². The molecule has 0 radical (unpaired) electrons. The van der Waals surface area contributed by atoms with Crippen LogP contribution in [-0.2, 0) is 16.1 Å². The van der Waals surface area contributed by atoms with Crippen molar-refractivity contribution in [1.82, 2.24) is 4.90 Å². The molecule has 0 bridgehead atoms. The van der Waals surface area contributed by atoms with E-state index < -0.39 is 0 Å². The number of hydrogen-bond acceptors (Lipinski definition) is 6. The van der Waals surface area contributed by atoms with Crippen molar-refractivity contribution in [3.05, 3.63) is 46.0 Å². The Kier molecular flexibility index (Phi) is 8.69. The van der Waals surface area contributed by atoms with E-state index in [2.05, 4.69) is 0 Å². The monoisotopic (exact) mass is 477 g/mol. The Hall–Kier alpha value is -2.64. The third kappa shape index (κ3) is 6.24. The van der Waals surface area contributed by atoms with Gasteiger partial charge in [0, 0.05) is 24.7 Å². The second-order valence-electron chi connectivity index (χ2n) is 8.10. The number of benzene rings is 2. The van der Waals surface area contributed by atoms with Crippen molar-refractivity contribution in [2.24, 2.45) is 0 Å². The van der Waals surface area contributed by atoms with E-state index in [0.717, 1.165) is 36.1 Å². The van der Waals surface area contributed by atoms with Gasteiger partial charge in [-0.05, 0) is 67.6 Å². The van der Waals surface area contributed by atoms with Crippen LogP contribution in [0.3, 0.4) is 0 Å². The smallest absolute Gasteiger partial charge is 0.260 e. The molecule has 1 aliphatic heterocycles. The number of ether oxygens (including phenoxy) is 5. The quantitative estimate of drug-likeness (QED) is 0.499. The Labute approximate surface area is 200 Å². The highest BCUT2D eigenvalue weighted by molar-refractivity contribution is 6.32. The third-order valence-corrected chi connectivity index (χ3v) is 6.27. The number of halogens is 1. The Morgan fingerprint density at radius 1 is 1.06 bits per heavy atom. The van der Waals surface area contributed by atoms with Gasteiger partial charge in [0.25, 0.3) is 5.91 Å². The van der Waals surface area contributed by atoms with Crippen molar-refractivity contribution >= 4 is 17.5 Å². The summed E-state index contributed by atoms with van der Waals surface area (Å²) in [7, 11) is 4.70. The van der Waals surface area contributed by atoms with Crippen LogP contribution in [0.15, 0.2) is 24.3 Å². The van der Waals surface area contributed by atoms with E-state index in [1.54, 1.807) is 26.2 Å². The molecule has 0 spiro atoms. The average Bonchev–Trinajstić information content (AvgIpc) is 3.32. The molecule has 1 amide bonds. The number of carbonyl (C=O) groups is 1. The number of aryl methyl sites for hydroxylation is 2. The van der Waals surface area contributed by atoms with Crippen molar-refractivity contribution in [2.75, 3.05) is 41.1 Å². The van der Waals surface area contributed by atoms with Crippen LogP contribution in [0.2, 0.25) is 5.02 Å². The minimum Gasteiger partial charge on any atom is -0.493 e. The number of methoxy groups -OCH3 is 3. The molecule has 0 aromatic heterocycles. The molecule has 7 nitrogen and oxygen atoms in total. The number of nitrogens with zero attached hydrogens (tertiary/aromatic N) is 1. The first-order chi connectivity index (χ1) is 15.9. The molecule has 1 aliphatic rings. The van der Waals surface area contributed by atoms with Gasteiger partial charge in [-0.25, -0.2) is 0 Å². The van der Waals surface area contributed by atoms with Gasteiger partial charge in [-0.3, -0.25) is 4.79 Å². The van der Waals surface area contributed by atoms with Crippen LogP contribution in [0.1, 0.15) is 29.5 Å². The van der Waals surface area contributed by atoms with Gasteiger partial charge in [-0.1, -0.05) is 11.6 Å². The van der Waals surface area contributed by atoms with Crippen LogP contribution in [0.5, 0.6) is 23.0 Å². The first-order valence-electron chi connectivity index (χ1n) is 10.9. The highest BCUT2D eigenvalue weighted by atomic mass is 35.5. The van der Waals surface area contributed by atoms with Gasteiger partial charge in [0.05, 0.1) is 27.4 Å². The molecule has 33 heavy (non-hydrogen) atoms. The van der Waals surface area contributed by atoms with Crippen molar-refractivity contribution < 1.29 is 28.5 Å². The van der Waals surface area contributed by atoms with E-state index in [0.29, 0.717) is 41.1 Å². The molecule has 0 saturated carbocycles.